The van der Waals surface area contributed by atoms with Crippen molar-refractivity contribution in [2.45, 2.75) is 32.5 Å². The van der Waals surface area contributed by atoms with Gasteiger partial charge in [-0.25, -0.2) is 0 Å². The highest BCUT2D eigenvalue weighted by molar-refractivity contribution is 5.19. The molecule has 0 aliphatic carbocycles. The molecule has 0 saturated carbocycles. The molecule has 3 nitrogen and oxygen atoms in total. The van der Waals surface area contributed by atoms with Crippen LogP contribution in [0, 0.1) is 0 Å². The van der Waals surface area contributed by atoms with Gasteiger partial charge in [0.15, 0.2) is 0 Å². The molecule has 1 aromatic rings. The van der Waals surface area contributed by atoms with Crippen LogP contribution in [-0.4, -0.2) is 22.5 Å². The van der Waals surface area contributed by atoms with Gasteiger partial charge in [-0.3, -0.25) is 4.68 Å². The smallest absolute Gasteiger partial charge is 0.304 e. The van der Waals surface area contributed by atoms with Crippen LogP contribution < -0.4 is 5.32 Å². The Bertz CT molecular complexity index is 342. The van der Waals surface area contributed by atoms with E-state index in [4.69, 9.17) is 0 Å². The molecule has 0 spiro atoms. The maximum absolute atomic E-state index is 11.9. The standard InChI is InChI=1S/C10H16F3N3/c1-7(2)9-8(5-16(3)15-9)4-14-6-10(11,12)13/h5,7,14H,4,6H2,1-3H3. The predicted molar refractivity (Wildman–Crippen MR) is 55.1 cm³/mol. The zero-order valence-corrected chi connectivity index (χ0v) is 9.60. The van der Waals surface area contributed by atoms with E-state index in [2.05, 4.69) is 10.4 Å². The Labute approximate surface area is 92.6 Å². The Kier molecular flexibility index (Phi) is 3.96. The third-order valence-electron chi connectivity index (χ3n) is 2.12. The molecule has 0 aliphatic rings. The van der Waals surface area contributed by atoms with E-state index in [0.717, 1.165) is 11.3 Å². The lowest BCUT2D eigenvalue weighted by Crippen LogP contribution is -2.28. The van der Waals surface area contributed by atoms with Crippen molar-refractivity contribution < 1.29 is 13.2 Å². The number of hydrogen-bond donors (Lipinski definition) is 1. The minimum absolute atomic E-state index is 0.195. The van der Waals surface area contributed by atoms with Gasteiger partial charge in [-0.2, -0.15) is 18.3 Å². The van der Waals surface area contributed by atoms with Crippen LogP contribution in [0.4, 0.5) is 13.2 Å². The lowest BCUT2D eigenvalue weighted by molar-refractivity contribution is -0.125. The molecule has 0 fully saturated rings. The average molecular weight is 235 g/mol. The Balaban J connectivity index is 2.60. The van der Waals surface area contributed by atoms with Crippen molar-refractivity contribution >= 4 is 0 Å². The van der Waals surface area contributed by atoms with Gasteiger partial charge in [-0.05, 0) is 5.92 Å². The molecule has 0 unspecified atom stereocenters. The van der Waals surface area contributed by atoms with Crippen LogP contribution in [0.15, 0.2) is 6.20 Å². The Hall–Kier alpha value is -1.04. The predicted octanol–water partition coefficient (Wildman–Crippen LogP) is 2.20. The first-order valence-electron chi connectivity index (χ1n) is 5.09. The number of alkyl halides is 3. The molecule has 0 bridgehead atoms. The number of nitrogens with one attached hydrogen (secondary N) is 1. The van der Waals surface area contributed by atoms with Gasteiger partial charge >= 0.3 is 6.18 Å². The largest absolute Gasteiger partial charge is 0.401 e. The van der Waals surface area contributed by atoms with E-state index in [9.17, 15) is 13.2 Å². The fourth-order valence-corrected chi connectivity index (χ4v) is 1.52. The number of halogens is 3. The van der Waals surface area contributed by atoms with Crippen LogP contribution in [0.5, 0.6) is 0 Å². The number of hydrogen-bond acceptors (Lipinski definition) is 2. The summed E-state index contributed by atoms with van der Waals surface area (Å²) in [6.45, 7) is 3.16. The van der Waals surface area contributed by atoms with Crippen LogP contribution >= 0.6 is 0 Å². The third kappa shape index (κ3) is 3.84. The molecule has 0 atom stereocenters. The molecule has 6 heteroatoms. The normalized spacial score (nSPS) is 12.4. The summed E-state index contributed by atoms with van der Waals surface area (Å²) < 4.78 is 37.4. The highest BCUT2D eigenvalue weighted by Crippen LogP contribution is 2.18. The van der Waals surface area contributed by atoms with E-state index in [-0.39, 0.29) is 12.5 Å². The van der Waals surface area contributed by atoms with E-state index in [0.29, 0.717) is 0 Å². The van der Waals surface area contributed by atoms with E-state index in [1.807, 2.05) is 13.8 Å². The van der Waals surface area contributed by atoms with Gasteiger partial charge < -0.3 is 5.32 Å². The average Bonchev–Trinajstić information content (AvgIpc) is 2.44. The molecule has 1 N–H and O–H groups in total. The molecular formula is C10H16F3N3. The highest BCUT2D eigenvalue weighted by Gasteiger charge is 2.26. The van der Waals surface area contributed by atoms with Gasteiger partial charge in [0.1, 0.15) is 0 Å². The van der Waals surface area contributed by atoms with Crippen LogP contribution in [0.2, 0.25) is 0 Å². The zero-order chi connectivity index (χ0) is 12.3. The number of aromatic nitrogens is 2. The second-order valence-corrected chi connectivity index (χ2v) is 4.09. The van der Waals surface area contributed by atoms with Crippen molar-refractivity contribution in [3.63, 3.8) is 0 Å². The molecule has 1 heterocycles. The monoisotopic (exact) mass is 235 g/mol. The van der Waals surface area contributed by atoms with E-state index in [1.54, 1.807) is 17.9 Å². The van der Waals surface area contributed by atoms with Crippen LogP contribution in [-0.2, 0) is 13.6 Å². The summed E-state index contributed by atoms with van der Waals surface area (Å²) in [6.07, 6.45) is -2.42. The number of rotatable bonds is 4. The molecular weight excluding hydrogens is 219 g/mol. The van der Waals surface area contributed by atoms with Gasteiger partial charge in [0.25, 0.3) is 0 Å². The minimum Gasteiger partial charge on any atom is -0.304 e. The highest BCUT2D eigenvalue weighted by atomic mass is 19.4. The molecule has 1 aromatic heterocycles. The summed E-state index contributed by atoms with van der Waals surface area (Å²) in [4.78, 5) is 0. The number of nitrogens with zero attached hydrogens (tertiary/aromatic N) is 2. The Morgan fingerprint density at radius 2 is 2.06 bits per heavy atom. The van der Waals surface area contributed by atoms with Crippen LogP contribution in [0.25, 0.3) is 0 Å². The number of aryl methyl sites for hydroxylation is 1. The summed E-state index contributed by atoms with van der Waals surface area (Å²) >= 11 is 0. The Morgan fingerprint density at radius 3 is 2.56 bits per heavy atom. The summed E-state index contributed by atoms with van der Waals surface area (Å²) in [7, 11) is 1.76. The Morgan fingerprint density at radius 1 is 1.44 bits per heavy atom. The SMILES string of the molecule is CC(C)c1nn(C)cc1CNCC(F)(F)F. The fraction of sp³-hybridized carbons (Fsp3) is 0.700. The summed E-state index contributed by atoms with van der Waals surface area (Å²) in [6, 6.07) is 0. The molecule has 0 saturated heterocycles. The van der Waals surface area contributed by atoms with Gasteiger partial charge in [0.05, 0.1) is 12.2 Å². The van der Waals surface area contributed by atoms with E-state index in [1.165, 1.54) is 0 Å². The third-order valence-corrected chi connectivity index (χ3v) is 2.12. The first-order chi connectivity index (χ1) is 7.29. The molecule has 16 heavy (non-hydrogen) atoms. The first-order valence-corrected chi connectivity index (χ1v) is 5.09. The summed E-state index contributed by atoms with van der Waals surface area (Å²) in [5, 5.41) is 6.59. The van der Waals surface area contributed by atoms with E-state index >= 15 is 0 Å². The first kappa shape index (κ1) is 13.0. The lowest BCUT2D eigenvalue weighted by atomic mass is 10.1. The maximum Gasteiger partial charge on any atom is 0.401 e. The minimum atomic E-state index is -4.17. The molecule has 0 amide bonds. The van der Waals surface area contributed by atoms with Gasteiger partial charge in [0, 0.05) is 25.4 Å². The summed E-state index contributed by atoms with van der Waals surface area (Å²) in [5.74, 6) is 0.212. The van der Waals surface area contributed by atoms with Crippen molar-refractivity contribution in [1.29, 1.82) is 0 Å². The van der Waals surface area contributed by atoms with Crippen molar-refractivity contribution in [3.8, 4) is 0 Å². The van der Waals surface area contributed by atoms with Crippen LogP contribution in [0.1, 0.15) is 31.0 Å². The molecule has 0 radical (unpaired) electrons. The second-order valence-electron chi connectivity index (χ2n) is 4.09. The summed E-state index contributed by atoms with van der Waals surface area (Å²) in [5.41, 5.74) is 1.67. The second kappa shape index (κ2) is 4.86. The zero-order valence-electron chi connectivity index (χ0n) is 9.60. The topological polar surface area (TPSA) is 29.9 Å². The van der Waals surface area contributed by atoms with Crippen molar-refractivity contribution in [2.24, 2.45) is 7.05 Å². The van der Waals surface area contributed by atoms with E-state index < -0.39 is 12.7 Å². The van der Waals surface area contributed by atoms with Crippen molar-refractivity contribution in [3.05, 3.63) is 17.5 Å². The van der Waals surface area contributed by atoms with Crippen molar-refractivity contribution in [1.82, 2.24) is 15.1 Å². The molecule has 1 rings (SSSR count). The van der Waals surface area contributed by atoms with Gasteiger partial charge in [-0.1, -0.05) is 13.8 Å². The maximum atomic E-state index is 11.9. The molecule has 0 aliphatic heterocycles. The van der Waals surface area contributed by atoms with Crippen LogP contribution in [0.3, 0.4) is 0 Å². The van der Waals surface area contributed by atoms with Gasteiger partial charge in [0.2, 0.25) is 0 Å². The molecule has 0 aromatic carbocycles. The van der Waals surface area contributed by atoms with Gasteiger partial charge in [-0.15, -0.1) is 0 Å². The lowest BCUT2D eigenvalue weighted by Gasteiger charge is -2.09. The van der Waals surface area contributed by atoms with Crippen molar-refractivity contribution in [2.75, 3.05) is 6.54 Å². The quantitative estimate of drug-likeness (QED) is 0.867. The fourth-order valence-electron chi connectivity index (χ4n) is 1.52. The molecule has 92 valence electrons.